The average Bonchev–Trinajstić information content (AvgIpc) is 2.90. The highest BCUT2D eigenvalue weighted by Crippen LogP contribution is 2.36. The first-order chi connectivity index (χ1) is 18.6. The third kappa shape index (κ3) is 6.59. The zero-order valence-corrected chi connectivity index (χ0v) is 22.6. The van der Waals surface area contributed by atoms with Crippen LogP contribution in [0.25, 0.3) is 0 Å². The Morgan fingerprint density at radius 1 is 1.13 bits per heavy atom. The lowest BCUT2D eigenvalue weighted by Crippen LogP contribution is -2.47. The van der Waals surface area contributed by atoms with Crippen LogP contribution in [0.4, 0.5) is 15.8 Å². The highest BCUT2D eigenvalue weighted by atomic mass is 35.5. The smallest absolute Gasteiger partial charge is 0.310 e. The fourth-order valence-corrected chi connectivity index (χ4v) is 5.36. The Morgan fingerprint density at radius 3 is 2.56 bits per heavy atom. The summed E-state index contributed by atoms with van der Waals surface area (Å²) < 4.78 is 56.8. The van der Waals surface area contributed by atoms with Crippen LogP contribution in [0.3, 0.4) is 0 Å². The van der Waals surface area contributed by atoms with E-state index < -0.39 is 21.7 Å². The lowest BCUT2D eigenvalue weighted by atomic mass is 10.1. The third-order valence-electron chi connectivity index (χ3n) is 5.65. The van der Waals surface area contributed by atoms with E-state index in [0.717, 1.165) is 6.07 Å². The molecule has 39 heavy (non-hydrogen) atoms. The number of anilines is 2. The number of halogens is 2. The molecule has 0 fully saturated rings. The number of rotatable bonds is 9. The molecule has 0 saturated carbocycles. The molecule has 13 heteroatoms. The molecule has 3 aromatic carbocycles. The van der Waals surface area contributed by atoms with E-state index in [0.29, 0.717) is 11.3 Å². The molecular formula is C26H25ClFN3O7S. The van der Waals surface area contributed by atoms with Gasteiger partial charge in [0.1, 0.15) is 17.3 Å². The molecule has 2 N–H and O–H groups in total. The average molecular weight is 578 g/mol. The largest absolute Gasteiger partial charge is 0.495 e. The minimum absolute atomic E-state index is 0.0111. The highest BCUT2D eigenvalue weighted by molar-refractivity contribution is 7.89. The van der Waals surface area contributed by atoms with Gasteiger partial charge in [0.25, 0.3) is 15.9 Å². The van der Waals surface area contributed by atoms with Crippen molar-refractivity contribution in [1.82, 2.24) is 4.83 Å². The number of fused-ring (bicyclic) bond motifs is 1. The number of hydrogen-bond acceptors (Lipinski definition) is 8. The van der Waals surface area contributed by atoms with E-state index in [9.17, 15) is 22.4 Å². The van der Waals surface area contributed by atoms with Gasteiger partial charge in [-0.05, 0) is 55.0 Å². The van der Waals surface area contributed by atoms with Crippen LogP contribution >= 0.6 is 11.6 Å². The number of hydrogen-bond donors (Lipinski definition) is 2. The fourth-order valence-electron chi connectivity index (χ4n) is 3.85. The number of benzene rings is 3. The van der Waals surface area contributed by atoms with Crippen LogP contribution in [-0.2, 0) is 26.0 Å². The second-order valence-corrected chi connectivity index (χ2v) is 10.4. The van der Waals surface area contributed by atoms with E-state index >= 15 is 0 Å². The fraction of sp³-hybridized carbons (Fsp3) is 0.231. The van der Waals surface area contributed by atoms with E-state index in [4.69, 9.17) is 25.8 Å². The van der Waals surface area contributed by atoms with Gasteiger partial charge in [0.2, 0.25) is 0 Å². The van der Waals surface area contributed by atoms with E-state index in [1.165, 1.54) is 36.4 Å². The van der Waals surface area contributed by atoms with Crippen LogP contribution in [0.5, 0.6) is 11.5 Å². The summed E-state index contributed by atoms with van der Waals surface area (Å²) in [7, 11) is -2.90. The van der Waals surface area contributed by atoms with E-state index in [1.54, 1.807) is 31.2 Å². The Morgan fingerprint density at radius 2 is 1.87 bits per heavy atom. The Hall–Kier alpha value is -3.87. The maximum absolute atomic E-state index is 15.0. The second-order valence-electron chi connectivity index (χ2n) is 8.33. The number of carbonyl (C=O) groups excluding carboxylic acids is 2. The number of hydrazine groups is 1. The van der Waals surface area contributed by atoms with Crippen molar-refractivity contribution in [3.8, 4) is 11.5 Å². The number of ether oxygens (including phenoxy) is 3. The number of esters is 1. The molecule has 1 aliphatic rings. The molecule has 1 aliphatic heterocycles. The third-order valence-corrected chi connectivity index (χ3v) is 7.24. The maximum Gasteiger partial charge on any atom is 0.310 e. The van der Waals surface area contributed by atoms with Gasteiger partial charge in [-0.2, -0.15) is 0 Å². The molecule has 0 unspecified atom stereocenters. The Balaban J connectivity index is 1.56. The van der Waals surface area contributed by atoms with Gasteiger partial charge in [-0.3, -0.25) is 14.6 Å². The highest BCUT2D eigenvalue weighted by Gasteiger charge is 2.29. The number of carbonyl (C=O) groups is 2. The van der Waals surface area contributed by atoms with Gasteiger partial charge in [0.15, 0.2) is 11.6 Å². The zero-order valence-electron chi connectivity index (χ0n) is 21.0. The van der Waals surface area contributed by atoms with Crippen LogP contribution < -0.4 is 24.6 Å². The summed E-state index contributed by atoms with van der Waals surface area (Å²) in [6, 6.07) is 13.0. The first kappa shape index (κ1) is 28.1. The summed E-state index contributed by atoms with van der Waals surface area (Å²) in [4.78, 5) is 26.8. The van der Waals surface area contributed by atoms with Crippen molar-refractivity contribution in [2.75, 3.05) is 37.2 Å². The lowest BCUT2D eigenvalue weighted by Gasteiger charge is -2.31. The second kappa shape index (κ2) is 11.9. The summed E-state index contributed by atoms with van der Waals surface area (Å²) in [5, 5.41) is 4.01. The molecule has 0 aromatic heterocycles. The molecule has 0 saturated heterocycles. The van der Waals surface area contributed by atoms with Crippen molar-refractivity contribution in [2.24, 2.45) is 0 Å². The number of amides is 1. The quantitative estimate of drug-likeness (QED) is 0.367. The predicted octanol–water partition coefficient (Wildman–Crippen LogP) is 3.94. The van der Waals surface area contributed by atoms with Crippen molar-refractivity contribution in [3.05, 3.63) is 76.6 Å². The Kier molecular flexibility index (Phi) is 8.58. The van der Waals surface area contributed by atoms with Gasteiger partial charge in [-0.15, -0.1) is 4.83 Å². The van der Waals surface area contributed by atoms with Crippen molar-refractivity contribution in [2.45, 2.75) is 18.2 Å². The minimum Gasteiger partial charge on any atom is -0.495 e. The van der Waals surface area contributed by atoms with Gasteiger partial charge in [-0.1, -0.05) is 23.7 Å². The number of nitrogens with zero attached hydrogens (tertiary/aromatic N) is 1. The van der Waals surface area contributed by atoms with Gasteiger partial charge in [-0.25, -0.2) is 12.8 Å². The molecule has 0 spiro atoms. The molecular weight excluding hydrogens is 553 g/mol. The van der Waals surface area contributed by atoms with Gasteiger partial charge >= 0.3 is 5.97 Å². The normalized spacial score (nSPS) is 12.8. The predicted molar refractivity (Wildman–Crippen MR) is 142 cm³/mol. The Bertz CT molecular complexity index is 1500. The molecule has 0 radical (unpaired) electrons. The molecule has 0 atom stereocenters. The molecule has 1 amide bonds. The zero-order chi connectivity index (χ0) is 28.2. The van der Waals surface area contributed by atoms with Gasteiger partial charge < -0.3 is 19.5 Å². The number of methoxy groups -OCH3 is 1. The van der Waals surface area contributed by atoms with Crippen molar-refractivity contribution < 1.29 is 36.6 Å². The topological polar surface area (TPSA) is 123 Å². The number of nitrogens with one attached hydrogen (secondary N) is 2. The molecule has 0 aliphatic carbocycles. The molecule has 0 bridgehead atoms. The molecule has 206 valence electrons. The van der Waals surface area contributed by atoms with Crippen LogP contribution in [0, 0.1) is 5.82 Å². The van der Waals surface area contributed by atoms with Crippen LogP contribution in [0.15, 0.2) is 59.5 Å². The minimum atomic E-state index is -4.22. The van der Waals surface area contributed by atoms with Crippen LogP contribution in [0.1, 0.15) is 22.8 Å². The summed E-state index contributed by atoms with van der Waals surface area (Å²) in [5.41, 5.74) is 1.05. The first-order valence-electron chi connectivity index (χ1n) is 11.8. The van der Waals surface area contributed by atoms with Gasteiger partial charge in [0, 0.05) is 16.3 Å². The number of sulfonamides is 1. The molecule has 4 rings (SSSR count). The van der Waals surface area contributed by atoms with Crippen molar-refractivity contribution in [1.29, 1.82) is 0 Å². The SMILES string of the molecule is CCOC(=O)Cc1ccc(NC(=O)c2cc(F)c3c(c2)N(NS(=O)(=O)c2cc(Cl)ccc2OC)CCO3)cc1. The molecule has 3 aromatic rings. The van der Waals surface area contributed by atoms with E-state index in [-0.39, 0.29) is 64.8 Å². The van der Waals surface area contributed by atoms with Crippen LogP contribution in [-0.4, -0.2) is 47.2 Å². The summed E-state index contributed by atoms with van der Waals surface area (Å²) in [6.45, 7) is 2.02. The first-order valence-corrected chi connectivity index (χ1v) is 13.6. The van der Waals surface area contributed by atoms with Crippen LogP contribution in [0.2, 0.25) is 5.02 Å². The Labute approximate surface area is 229 Å². The van der Waals surface area contributed by atoms with Crippen molar-refractivity contribution >= 4 is 44.9 Å². The summed E-state index contributed by atoms with van der Waals surface area (Å²) in [5.74, 6) is -1.99. The molecule has 10 nitrogen and oxygen atoms in total. The van der Waals surface area contributed by atoms with E-state index in [2.05, 4.69) is 10.1 Å². The molecule has 1 heterocycles. The summed E-state index contributed by atoms with van der Waals surface area (Å²) in [6.07, 6.45) is 0.0882. The summed E-state index contributed by atoms with van der Waals surface area (Å²) >= 11 is 5.99. The monoisotopic (exact) mass is 577 g/mol. The van der Waals surface area contributed by atoms with Crippen molar-refractivity contribution in [3.63, 3.8) is 0 Å². The maximum atomic E-state index is 15.0. The van der Waals surface area contributed by atoms with E-state index in [1.807, 2.05) is 0 Å². The lowest BCUT2D eigenvalue weighted by molar-refractivity contribution is -0.142. The van der Waals surface area contributed by atoms with Gasteiger partial charge in [0.05, 0.1) is 32.4 Å². The standard InChI is InChI=1S/C26H25ClFN3O7S/c1-3-37-24(32)12-16-4-7-19(8-5-16)29-26(33)17-13-20(28)25-21(14-17)31(10-11-38-25)30-39(34,35)23-15-18(27)6-9-22(23)36-2/h4-9,13-15,30H,3,10-12H2,1-2H3,(H,29,33).